The molecule has 47 heavy (non-hydrogen) atoms. The molecule has 0 saturated carbocycles. The minimum absolute atomic E-state index is 0.0289. The van der Waals surface area contributed by atoms with E-state index in [1.165, 1.54) is 42.1 Å². The molecule has 14 heteroatoms. The van der Waals surface area contributed by atoms with E-state index in [1.807, 2.05) is 31.2 Å². The van der Waals surface area contributed by atoms with E-state index in [4.69, 9.17) is 16.6 Å². The molecule has 11 nitrogen and oxygen atoms in total. The molecule has 1 aliphatic heterocycles. The molecule has 2 amide bonds. The van der Waals surface area contributed by atoms with Crippen LogP contribution >= 0.6 is 23.4 Å². The third kappa shape index (κ3) is 7.05. The minimum atomic E-state index is -0.560. The molecular formula is C33H31ClFN7O4S. The Labute approximate surface area is 278 Å². The number of nitro groups is 1. The summed E-state index contributed by atoms with van der Waals surface area (Å²) in [6.45, 7) is 3.53. The van der Waals surface area contributed by atoms with E-state index in [9.17, 15) is 24.1 Å². The van der Waals surface area contributed by atoms with Crippen molar-refractivity contribution < 1.29 is 18.9 Å². The first-order valence-electron chi connectivity index (χ1n) is 15.2. The van der Waals surface area contributed by atoms with Gasteiger partial charge in [-0.1, -0.05) is 53.7 Å². The third-order valence-electron chi connectivity index (χ3n) is 8.26. The van der Waals surface area contributed by atoms with Gasteiger partial charge in [0.15, 0.2) is 5.65 Å². The number of thioether (sulfide) groups is 1. The highest BCUT2D eigenvalue weighted by Gasteiger charge is 2.31. The van der Waals surface area contributed by atoms with Gasteiger partial charge in [0.1, 0.15) is 11.3 Å². The molecule has 0 N–H and O–H groups in total. The number of amides is 2. The maximum absolute atomic E-state index is 13.5. The van der Waals surface area contributed by atoms with Gasteiger partial charge in [0.05, 0.1) is 21.0 Å². The molecule has 1 unspecified atom stereocenters. The van der Waals surface area contributed by atoms with Gasteiger partial charge < -0.3 is 14.4 Å². The largest absolute Gasteiger partial charge is 0.339 e. The predicted octanol–water partition coefficient (Wildman–Crippen LogP) is 6.36. The number of non-ortho nitro benzene ring substituents is 1. The Kier molecular flexibility index (Phi) is 9.64. The van der Waals surface area contributed by atoms with Crippen LogP contribution in [-0.2, 0) is 11.3 Å². The third-order valence-corrected chi connectivity index (χ3v) is 9.50. The number of para-hydroxylation sites is 1. The van der Waals surface area contributed by atoms with Crippen molar-refractivity contribution >= 4 is 62.9 Å². The maximum atomic E-state index is 13.5. The molecule has 1 aliphatic rings. The monoisotopic (exact) mass is 675 g/mol. The Morgan fingerprint density at radius 1 is 1.06 bits per heavy atom. The van der Waals surface area contributed by atoms with Crippen molar-refractivity contribution in [3.63, 3.8) is 0 Å². The number of nitro benzene ring substituents is 1. The molecular weight excluding hydrogens is 645 g/mol. The fourth-order valence-electron chi connectivity index (χ4n) is 5.81. The molecule has 5 aromatic rings. The zero-order valence-electron chi connectivity index (χ0n) is 25.5. The maximum Gasteiger partial charge on any atom is 0.270 e. The number of unbranched alkanes of at least 4 members (excludes halogenated alkanes) is 1. The first kappa shape index (κ1) is 32.3. The number of piperazine rings is 1. The Morgan fingerprint density at radius 2 is 1.85 bits per heavy atom. The molecule has 3 heterocycles. The average Bonchev–Trinajstić information content (AvgIpc) is 3.37. The van der Waals surface area contributed by atoms with Crippen molar-refractivity contribution in [1.82, 2.24) is 29.5 Å². The second-order valence-corrected chi connectivity index (χ2v) is 12.9. The van der Waals surface area contributed by atoms with Crippen molar-refractivity contribution in [2.24, 2.45) is 0 Å². The zero-order valence-corrected chi connectivity index (χ0v) is 27.1. The summed E-state index contributed by atoms with van der Waals surface area (Å²) in [6.07, 6.45) is 1.86. The lowest BCUT2D eigenvalue weighted by atomic mass is 10.1. The summed E-state index contributed by atoms with van der Waals surface area (Å²) in [5.74, 6) is 0.156. The number of hydrogen-bond donors (Lipinski definition) is 0. The van der Waals surface area contributed by atoms with E-state index in [0.717, 1.165) is 22.9 Å². The summed E-state index contributed by atoms with van der Waals surface area (Å²) >= 11 is 7.67. The molecule has 242 valence electrons. The number of fused-ring (bicyclic) bond motifs is 3. The number of carbonyl (C=O) groups is 2. The fraction of sp³-hybridized carbons (Fsp3) is 0.303. The van der Waals surface area contributed by atoms with E-state index in [-0.39, 0.29) is 39.9 Å². The van der Waals surface area contributed by atoms with E-state index in [0.29, 0.717) is 61.1 Å². The van der Waals surface area contributed by atoms with Crippen molar-refractivity contribution in [3.8, 4) is 0 Å². The normalized spacial score (nSPS) is 15.0. The highest BCUT2D eigenvalue weighted by Crippen LogP contribution is 2.29. The fourth-order valence-corrected chi connectivity index (χ4v) is 6.85. The van der Waals surface area contributed by atoms with Gasteiger partial charge in [-0.25, -0.2) is 9.37 Å². The first-order valence-corrected chi connectivity index (χ1v) is 16.6. The van der Waals surface area contributed by atoms with Gasteiger partial charge in [-0.05, 0) is 49.6 Å². The molecule has 2 aromatic heterocycles. The number of halogens is 2. The highest BCUT2D eigenvalue weighted by molar-refractivity contribution is 7.99. The predicted molar refractivity (Wildman–Crippen MR) is 178 cm³/mol. The van der Waals surface area contributed by atoms with Gasteiger partial charge in [-0.15, -0.1) is 10.2 Å². The molecule has 0 bridgehead atoms. The zero-order chi connectivity index (χ0) is 33.1. The summed E-state index contributed by atoms with van der Waals surface area (Å²) in [4.78, 5) is 44.8. The Morgan fingerprint density at radius 3 is 2.60 bits per heavy atom. The van der Waals surface area contributed by atoms with Gasteiger partial charge in [-0.2, -0.15) is 0 Å². The van der Waals surface area contributed by atoms with Crippen LogP contribution < -0.4 is 0 Å². The lowest BCUT2D eigenvalue weighted by Gasteiger charge is -2.40. The molecule has 0 aliphatic carbocycles. The summed E-state index contributed by atoms with van der Waals surface area (Å²) < 4.78 is 15.6. The summed E-state index contributed by atoms with van der Waals surface area (Å²) in [5, 5.41) is 21.4. The van der Waals surface area contributed by atoms with Crippen LogP contribution in [0.25, 0.3) is 22.1 Å². The van der Waals surface area contributed by atoms with E-state index < -0.39 is 4.92 Å². The number of aromatic nitrogens is 4. The Bertz CT molecular complexity index is 1970. The first-order chi connectivity index (χ1) is 22.7. The molecule has 0 radical (unpaired) electrons. The van der Waals surface area contributed by atoms with Crippen LogP contribution in [0.3, 0.4) is 0 Å². The standard InChI is InChI=1S/C33H31ClFN7O4S/c1-21-19-39(15-16-40(21)32(44)25-14-13-24(42(45)46)18-27(25)34)29(43)8-4-5-17-47-33-36-31-30(37-38-33)26-6-2-3-7-28(26)41(31)20-22-9-11-23(35)12-10-22/h2-3,6-7,9-14,18,21H,4-5,8,15-17,19-20H2,1H3. The van der Waals surface area contributed by atoms with Crippen LogP contribution in [0.5, 0.6) is 0 Å². The molecule has 0 spiro atoms. The number of rotatable bonds is 10. The molecule has 1 saturated heterocycles. The number of hydrogen-bond acceptors (Lipinski definition) is 8. The van der Waals surface area contributed by atoms with Gasteiger partial charge in [0.2, 0.25) is 11.1 Å². The molecule has 3 aromatic carbocycles. The summed E-state index contributed by atoms with van der Waals surface area (Å²) in [6, 6.07) is 17.9. The van der Waals surface area contributed by atoms with E-state index in [1.54, 1.807) is 21.9 Å². The van der Waals surface area contributed by atoms with Crippen LogP contribution in [0.1, 0.15) is 42.1 Å². The van der Waals surface area contributed by atoms with Crippen LogP contribution in [0, 0.1) is 15.9 Å². The quantitative estimate of drug-likeness (QED) is 0.0724. The lowest BCUT2D eigenvalue weighted by Crippen LogP contribution is -2.55. The van der Waals surface area contributed by atoms with E-state index >= 15 is 0 Å². The number of carbonyl (C=O) groups excluding carboxylic acids is 2. The smallest absolute Gasteiger partial charge is 0.270 e. The SMILES string of the molecule is CC1CN(C(=O)CCCCSc2nnc3c4ccccc4n(Cc4ccc(F)cc4)c3n2)CCN1C(=O)c1ccc([N+](=O)[O-])cc1Cl. The molecule has 6 rings (SSSR count). The van der Waals surface area contributed by atoms with Crippen molar-refractivity contribution in [2.75, 3.05) is 25.4 Å². The van der Waals surface area contributed by atoms with Gasteiger partial charge in [-0.3, -0.25) is 19.7 Å². The van der Waals surface area contributed by atoms with E-state index in [2.05, 4.69) is 14.8 Å². The van der Waals surface area contributed by atoms with Gasteiger partial charge >= 0.3 is 0 Å². The Balaban J connectivity index is 1.01. The average molecular weight is 676 g/mol. The van der Waals surface area contributed by atoms with Crippen LogP contribution in [-0.4, -0.2) is 77.7 Å². The van der Waals surface area contributed by atoms with Gasteiger partial charge in [0.25, 0.3) is 11.6 Å². The molecule has 1 atom stereocenters. The minimum Gasteiger partial charge on any atom is -0.339 e. The summed E-state index contributed by atoms with van der Waals surface area (Å²) in [5.41, 5.74) is 3.37. The number of nitrogens with zero attached hydrogens (tertiary/aromatic N) is 7. The van der Waals surface area contributed by atoms with Crippen molar-refractivity contribution in [1.29, 1.82) is 0 Å². The van der Waals surface area contributed by atoms with Crippen LogP contribution in [0.2, 0.25) is 5.02 Å². The topological polar surface area (TPSA) is 127 Å². The van der Waals surface area contributed by atoms with Gasteiger partial charge in [0, 0.05) is 61.9 Å². The lowest BCUT2D eigenvalue weighted by molar-refractivity contribution is -0.384. The molecule has 1 fully saturated rings. The van der Waals surface area contributed by atoms with Crippen LogP contribution in [0.15, 0.2) is 71.9 Å². The summed E-state index contributed by atoms with van der Waals surface area (Å²) in [7, 11) is 0. The second-order valence-electron chi connectivity index (χ2n) is 11.4. The van der Waals surface area contributed by atoms with Crippen LogP contribution in [0.4, 0.5) is 10.1 Å². The highest BCUT2D eigenvalue weighted by atomic mass is 35.5. The second kappa shape index (κ2) is 14.0. The van der Waals surface area contributed by atoms with Crippen molar-refractivity contribution in [3.05, 3.63) is 98.8 Å². The number of benzene rings is 3. The van der Waals surface area contributed by atoms with Crippen molar-refractivity contribution in [2.45, 2.75) is 43.9 Å². The Hall–Kier alpha value is -4.62.